The van der Waals surface area contributed by atoms with E-state index in [0.717, 1.165) is 13.0 Å². The Morgan fingerprint density at radius 2 is 1.84 bits per heavy atom. The number of rotatable bonds is 4. The van der Waals surface area contributed by atoms with Crippen molar-refractivity contribution < 1.29 is 19.8 Å². The topological polar surface area (TPSA) is 95.7 Å². The maximum Gasteiger partial charge on any atom is 0.290 e. The molecule has 2 N–H and O–H groups in total. The van der Waals surface area contributed by atoms with Crippen molar-refractivity contribution in [3.05, 3.63) is 18.2 Å². The molecule has 0 aromatic carbocycles. The van der Waals surface area contributed by atoms with Crippen molar-refractivity contribution in [3.8, 4) is 0 Å². The van der Waals surface area contributed by atoms with Crippen LogP contribution in [0, 0.1) is 5.41 Å². The molecule has 2 aliphatic rings. The van der Waals surface area contributed by atoms with Crippen LogP contribution in [-0.2, 0) is 22.6 Å². The third-order valence-corrected chi connectivity index (χ3v) is 5.33. The van der Waals surface area contributed by atoms with Gasteiger partial charge in [-0.3, -0.25) is 14.5 Å². The number of aryl methyl sites for hydroxylation is 1. The zero-order valence-electron chi connectivity index (χ0n) is 15.3. The van der Waals surface area contributed by atoms with Crippen LogP contribution in [0.5, 0.6) is 0 Å². The fourth-order valence-corrected chi connectivity index (χ4v) is 4.10. The Morgan fingerprint density at radius 3 is 2.40 bits per heavy atom. The molecule has 1 saturated carbocycles. The minimum absolute atomic E-state index is 0.250. The summed E-state index contributed by atoms with van der Waals surface area (Å²) in [5.41, 5.74) is 0.691. The average Bonchev–Trinajstić information content (AvgIpc) is 3.32. The van der Waals surface area contributed by atoms with E-state index in [1.807, 2.05) is 6.20 Å². The molecule has 1 saturated heterocycles. The van der Waals surface area contributed by atoms with E-state index in [0.29, 0.717) is 11.5 Å². The summed E-state index contributed by atoms with van der Waals surface area (Å²) in [5, 5.41) is 13.8. The molecule has 1 atom stereocenters. The molecule has 1 aliphatic carbocycles. The van der Waals surface area contributed by atoms with Gasteiger partial charge in [0.05, 0.1) is 0 Å². The zero-order chi connectivity index (χ0) is 18.7. The van der Waals surface area contributed by atoms with E-state index in [4.69, 9.17) is 19.8 Å². The zero-order valence-corrected chi connectivity index (χ0v) is 15.3. The van der Waals surface area contributed by atoms with Gasteiger partial charge in [-0.15, -0.1) is 0 Å². The van der Waals surface area contributed by atoms with Crippen molar-refractivity contribution in [2.75, 3.05) is 13.1 Å². The van der Waals surface area contributed by atoms with Gasteiger partial charge >= 0.3 is 0 Å². The first-order chi connectivity index (χ1) is 12.1. The van der Waals surface area contributed by atoms with Crippen LogP contribution in [0.1, 0.15) is 51.8 Å². The summed E-state index contributed by atoms with van der Waals surface area (Å²) in [6, 6.07) is 0.638. The molecule has 0 amide bonds. The summed E-state index contributed by atoms with van der Waals surface area (Å²) in [4.78, 5) is 23.9. The van der Waals surface area contributed by atoms with E-state index < -0.39 is 0 Å². The molecule has 1 aliphatic heterocycles. The maximum atomic E-state index is 8.36. The molecular weight excluding hydrogens is 322 g/mol. The van der Waals surface area contributed by atoms with Crippen LogP contribution < -0.4 is 0 Å². The molecule has 7 nitrogen and oxygen atoms in total. The summed E-state index contributed by atoms with van der Waals surface area (Å²) in [6.45, 7) is 7.81. The molecule has 1 aromatic heterocycles. The van der Waals surface area contributed by atoms with Crippen molar-refractivity contribution in [2.24, 2.45) is 5.41 Å². The lowest BCUT2D eigenvalue weighted by atomic mass is 9.86. The van der Waals surface area contributed by atoms with Crippen molar-refractivity contribution in [1.29, 1.82) is 0 Å². The second-order valence-electron chi connectivity index (χ2n) is 6.84. The summed E-state index contributed by atoms with van der Waals surface area (Å²) in [7, 11) is 0. The van der Waals surface area contributed by atoms with Crippen LogP contribution in [0.15, 0.2) is 12.4 Å². The number of hydrogen-bond acceptors (Lipinski definition) is 4. The molecule has 1 spiro atoms. The predicted molar refractivity (Wildman–Crippen MR) is 95.5 cm³/mol. The van der Waals surface area contributed by atoms with Gasteiger partial charge in [0.25, 0.3) is 12.9 Å². The number of imidazole rings is 1. The van der Waals surface area contributed by atoms with Crippen LogP contribution >= 0.6 is 0 Å². The molecule has 2 fully saturated rings. The largest absolute Gasteiger partial charge is 0.483 e. The Morgan fingerprint density at radius 1 is 1.24 bits per heavy atom. The summed E-state index contributed by atoms with van der Waals surface area (Å²) in [5.74, 6) is 1.22. The van der Waals surface area contributed by atoms with Crippen LogP contribution in [0.2, 0.25) is 0 Å². The lowest BCUT2D eigenvalue weighted by Crippen LogP contribution is -2.36. The van der Waals surface area contributed by atoms with E-state index in [-0.39, 0.29) is 12.9 Å². The first kappa shape index (κ1) is 21.2. The predicted octanol–water partition coefficient (Wildman–Crippen LogP) is 2.50. The molecule has 1 unspecified atom stereocenters. The van der Waals surface area contributed by atoms with E-state index in [1.54, 1.807) is 0 Å². The van der Waals surface area contributed by atoms with Crippen molar-refractivity contribution in [2.45, 2.75) is 65.0 Å². The molecule has 3 rings (SSSR count). The standard InChI is InChI=1S/C16H27N3.2CH2O2/c1-3-15-17-9-11-18(15)12-14(2)19-10-8-16(13-19)6-4-5-7-16;2*2-1-3/h9,11,14H,3-8,10,12-13H2,1-2H3;2*1H,(H,2,3). The molecule has 142 valence electrons. The van der Waals surface area contributed by atoms with E-state index >= 15 is 0 Å². The van der Waals surface area contributed by atoms with Crippen LogP contribution in [0.3, 0.4) is 0 Å². The minimum atomic E-state index is -0.250. The van der Waals surface area contributed by atoms with Gasteiger partial charge in [-0.05, 0) is 38.1 Å². The first-order valence-corrected chi connectivity index (χ1v) is 8.95. The number of hydrogen-bond donors (Lipinski definition) is 2. The maximum absolute atomic E-state index is 8.36. The molecule has 7 heteroatoms. The second-order valence-corrected chi connectivity index (χ2v) is 6.84. The van der Waals surface area contributed by atoms with Crippen LogP contribution in [0.25, 0.3) is 0 Å². The molecule has 0 radical (unpaired) electrons. The second kappa shape index (κ2) is 10.9. The Balaban J connectivity index is 0.000000460. The van der Waals surface area contributed by atoms with E-state index in [1.165, 1.54) is 51.0 Å². The van der Waals surface area contributed by atoms with Gasteiger partial charge in [0.1, 0.15) is 5.82 Å². The highest BCUT2D eigenvalue weighted by atomic mass is 16.3. The highest BCUT2D eigenvalue weighted by Gasteiger charge is 2.41. The Labute approximate surface area is 149 Å². The smallest absolute Gasteiger partial charge is 0.290 e. The third-order valence-electron chi connectivity index (χ3n) is 5.33. The normalized spacial score (nSPS) is 19.4. The third kappa shape index (κ3) is 6.16. The number of aromatic nitrogens is 2. The minimum Gasteiger partial charge on any atom is -0.483 e. The molecule has 25 heavy (non-hydrogen) atoms. The van der Waals surface area contributed by atoms with E-state index in [2.05, 4.69) is 34.5 Å². The number of carboxylic acid groups (broad SMARTS) is 2. The lowest BCUT2D eigenvalue weighted by Gasteiger charge is -2.28. The molecule has 1 aromatic rings. The van der Waals surface area contributed by atoms with Crippen molar-refractivity contribution >= 4 is 12.9 Å². The molecular formula is C18H31N3O4. The number of carbonyl (C=O) groups is 2. The fourth-order valence-electron chi connectivity index (χ4n) is 4.10. The summed E-state index contributed by atoms with van der Waals surface area (Å²) >= 11 is 0. The van der Waals surface area contributed by atoms with Crippen molar-refractivity contribution in [3.63, 3.8) is 0 Å². The SMILES string of the molecule is CCc1nccn1CC(C)N1CCC2(CCCC2)C1.O=CO.O=CO. The molecule has 2 heterocycles. The lowest BCUT2D eigenvalue weighted by molar-refractivity contribution is -0.123. The van der Waals surface area contributed by atoms with Crippen LogP contribution in [-0.4, -0.2) is 56.7 Å². The number of likely N-dealkylation sites (tertiary alicyclic amines) is 1. The average molecular weight is 353 g/mol. The first-order valence-electron chi connectivity index (χ1n) is 8.95. The highest BCUT2D eigenvalue weighted by molar-refractivity contribution is 5.33. The summed E-state index contributed by atoms with van der Waals surface area (Å²) in [6.07, 6.45) is 12.4. The van der Waals surface area contributed by atoms with E-state index in [9.17, 15) is 0 Å². The van der Waals surface area contributed by atoms with Gasteiger partial charge < -0.3 is 14.8 Å². The van der Waals surface area contributed by atoms with Gasteiger partial charge in [-0.25, -0.2) is 4.98 Å². The van der Waals surface area contributed by atoms with Crippen LogP contribution in [0.4, 0.5) is 0 Å². The summed E-state index contributed by atoms with van der Waals surface area (Å²) < 4.78 is 2.34. The monoisotopic (exact) mass is 353 g/mol. The highest BCUT2D eigenvalue weighted by Crippen LogP contribution is 2.45. The Bertz CT molecular complexity index is 506. The molecule has 0 bridgehead atoms. The van der Waals surface area contributed by atoms with Gasteiger partial charge in [0, 0.05) is 37.9 Å². The van der Waals surface area contributed by atoms with Crippen molar-refractivity contribution in [1.82, 2.24) is 14.5 Å². The van der Waals surface area contributed by atoms with Gasteiger partial charge in [0.2, 0.25) is 0 Å². The fraction of sp³-hybridized carbons (Fsp3) is 0.722. The Kier molecular flexibility index (Phi) is 9.20. The van der Waals surface area contributed by atoms with Gasteiger partial charge in [0.15, 0.2) is 0 Å². The van der Waals surface area contributed by atoms with Gasteiger partial charge in [-0.1, -0.05) is 19.8 Å². The Hall–Kier alpha value is -1.89. The van der Waals surface area contributed by atoms with Gasteiger partial charge in [-0.2, -0.15) is 0 Å². The number of nitrogens with zero attached hydrogens (tertiary/aromatic N) is 3. The quantitative estimate of drug-likeness (QED) is 0.808.